The molecule has 0 unspecified atom stereocenters. The molecule has 0 spiro atoms. The van der Waals surface area contributed by atoms with Crippen molar-refractivity contribution >= 4 is 40.7 Å². The Labute approximate surface area is 119 Å². The maximum atomic E-state index is 12.2. The third kappa shape index (κ3) is 1.91. The number of amides is 2. The zero-order valence-corrected chi connectivity index (χ0v) is 11.0. The van der Waals surface area contributed by atoms with Gasteiger partial charge in [-0.15, -0.1) is 0 Å². The predicted octanol–water partition coefficient (Wildman–Crippen LogP) is 3.59. The average molecular weight is 291 g/mol. The van der Waals surface area contributed by atoms with Gasteiger partial charge in [0, 0.05) is 6.07 Å². The smallest absolute Gasteiger partial charge is 0.266 e. The molecule has 2 aromatic carbocycles. The highest BCUT2D eigenvalue weighted by molar-refractivity contribution is 6.37. The fourth-order valence-electron chi connectivity index (χ4n) is 2.04. The summed E-state index contributed by atoms with van der Waals surface area (Å²) in [4.78, 5) is 25.5. The third-order valence-electron chi connectivity index (χ3n) is 2.84. The van der Waals surface area contributed by atoms with Crippen molar-refractivity contribution in [1.29, 1.82) is 0 Å². The molecule has 1 aliphatic heterocycles. The number of hydrogen-bond acceptors (Lipinski definition) is 2. The summed E-state index contributed by atoms with van der Waals surface area (Å²) in [6.45, 7) is 0. The van der Waals surface area contributed by atoms with Crippen LogP contribution in [0, 0.1) is 6.07 Å². The van der Waals surface area contributed by atoms with Crippen LogP contribution in [0.4, 0.5) is 5.69 Å². The molecule has 0 atom stereocenters. The normalized spacial score (nSPS) is 13.9. The van der Waals surface area contributed by atoms with Crippen LogP contribution in [0.25, 0.3) is 0 Å². The van der Waals surface area contributed by atoms with E-state index in [1.807, 2.05) is 0 Å². The van der Waals surface area contributed by atoms with Crippen molar-refractivity contribution in [1.82, 2.24) is 0 Å². The van der Waals surface area contributed by atoms with Gasteiger partial charge in [-0.2, -0.15) is 0 Å². The van der Waals surface area contributed by atoms with E-state index in [0.717, 1.165) is 4.90 Å². The lowest BCUT2D eigenvalue weighted by molar-refractivity contribution is 0.0926. The van der Waals surface area contributed by atoms with E-state index in [0.29, 0.717) is 16.8 Å². The summed E-state index contributed by atoms with van der Waals surface area (Å²) in [5.74, 6) is -0.752. The lowest BCUT2D eigenvalue weighted by Gasteiger charge is -2.14. The molecule has 0 fully saturated rings. The van der Waals surface area contributed by atoms with Gasteiger partial charge in [-0.1, -0.05) is 35.3 Å². The minimum Gasteiger partial charge on any atom is -0.268 e. The molecular formula is C14H6Cl2NO2. The summed E-state index contributed by atoms with van der Waals surface area (Å²) in [5.41, 5.74) is 1.11. The maximum absolute atomic E-state index is 12.2. The number of fused-ring (bicyclic) bond motifs is 1. The lowest BCUT2D eigenvalue weighted by atomic mass is 10.1. The highest BCUT2D eigenvalue weighted by Gasteiger charge is 2.36. The van der Waals surface area contributed by atoms with Crippen LogP contribution >= 0.6 is 23.2 Å². The number of imide groups is 1. The van der Waals surface area contributed by atoms with Gasteiger partial charge in [0.25, 0.3) is 11.8 Å². The second-order valence-corrected chi connectivity index (χ2v) is 4.84. The Morgan fingerprint density at radius 3 is 1.84 bits per heavy atom. The standard InChI is InChI=1S/C14H6Cl2NO2/c15-8-5-9(16)7-10(6-8)17-13(18)11-3-1-2-4-12(11)14(17)19/h1-4,6-7H. The predicted molar refractivity (Wildman–Crippen MR) is 72.9 cm³/mol. The number of hydrogen-bond donors (Lipinski definition) is 0. The van der Waals surface area contributed by atoms with Crippen molar-refractivity contribution in [2.45, 2.75) is 0 Å². The molecule has 3 nitrogen and oxygen atoms in total. The first kappa shape index (κ1) is 12.2. The van der Waals surface area contributed by atoms with Crippen LogP contribution in [0.15, 0.2) is 36.4 Å². The van der Waals surface area contributed by atoms with Crippen LogP contribution in [0.3, 0.4) is 0 Å². The highest BCUT2D eigenvalue weighted by atomic mass is 35.5. The first-order valence-electron chi connectivity index (χ1n) is 5.44. The Hall–Kier alpha value is -1.84. The number of carbonyl (C=O) groups is 2. The van der Waals surface area contributed by atoms with Gasteiger partial charge in [-0.25, -0.2) is 4.90 Å². The molecule has 0 saturated carbocycles. The molecule has 2 amide bonds. The van der Waals surface area contributed by atoms with Crippen molar-refractivity contribution in [3.05, 3.63) is 63.6 Å². The highest BCUT2D eigenvalue weighted by Crippen LogP contribution is 2.31. The van der Waals surface area contributed by atoms with Crippen molar-refractivity contribution in [3.63, 3.8) is 0 Å². The van der Waals surface area contributed by atoms with Crippen molar-refractivity contribution in [2.24, 2.45) is 0 Å². The summed E-state index contributed by atoms with van der Waals surface area (Å²) in [6, 6.07) is 12.3. The molecule has 1 radical (unpaired) electrons. The summed E-state index contributed by atoms with van der Waals surface area (Å²) >= 11 is 11.7. The minimum absolute atomic E-state index is 0.249. The molecule has 3 rings (SSSR count). The fraction of sp³-hybridized carbons (Fsp3) is 0. The van der Waals surface area contributed by atoms with E-state index in [1.54, 1.807) is 24.3 Å². The second-order valence-electron chi connectivity index (χ2n) is 4.03. The van der Waals surface area contributed by atoms with Crippen LogP contribution in [0.1, 0.15) is 20.7 Å². The van der Waals surface area contributed by atoms with Crippen LogP contribution in [-0.2, 0) is 0 Å². The quantitative estimate of drug-likeness (QED) is 0.753. The van der Waals surface area contributed by atoms with Gasteiger partial charge in [0.15, 0.2) is 0 Å². The van der Waals surface area contributed by atoms with Crippen molar-refractivity contribution < 1.29 is 9.59 Å². The Kier molecular flexibility index (Phi) is 2.81. The molecule has 2 aromatic rings. The van der Waals surface area contributed by atoms with E-state index >= 15 is 0 Å². The Morgan fingerprint density at radius 2 is 1.37 bits per heavy atom. The summed E-state index contributed by atoms with van der Waals surface area (Å²) in [6.07, 6.45) is 0. The average Bonchev–Trinajstić information content (AvgIpc) is 2.61. The molecule has 0 saturated heterocycles. The molecule has 93 valence electrons. The third-order valence-corrected chi connectivity index (χ3v) is 3.25. The van der Waals surface area contributed by atoms with E-state index < -0.39 is 0 Å². The van der Waals surface area contributed by atoms with Crippen LogP contribution in [0.2, 0.25) is 10.0 Å². The molecule has 0 aliphatic carbocycles. The number of anilines is 1. The summed E-state index contributed by atoms with van der Waals surface area (Å²) < 4.78 is 0. The van der Waals surface area contributed by atoms with Crippen molar-refractivity contribution in [2.75, 3.05) is 4.90 Å². The lowest BCUT2D eigenvalue weighted by Crippen LogP contribution is -2.29. The van der Waals surface area contributed by atoms with Crippen LogP contribution in [-0.4, -0.2) is 11.8 Å². The molecule has 5 heteroatoms. The Bertz CT molecular complexity index is 657. The number of halogens is 2. The molecule has 1 heterocycles. The molecule has 0 aromatic heterocycles. The van der Waals surface area contributed by atoms with Gasteiger partial charge in [-0.3, -0.25) is 9.59 Å². The van der Waals surface area contributed by atoms with E-state index in [4.69, 9.17) is 23.2 Å². The maximum Gasteiger partial charge on any atom is 0.266 e. The van der Waals surface area contributed by atoms with Gasteiger partial charge in [0.1, 0.15) is 0 Å². The van der Waals surface area contributed by atoms with Crippen LogP contribution in [0.5, 0.6) is 0 Å². The SMILES string of the molecule is O=C1c2ccccc2C(=O)N1c1cc(Cl)[c]c(Cl)c1. The van der Waals surface area contributed by atoms with Gasteiger partial charge in [0.2, 0.25) is 0 Å². The van der Waals surface area contributed by atoms with Gasteiger partial charge in [0.05, 0.1) is 26.9 Å². The van der Waals surface area contributed by atoms with E-state index in [9.17, 15) is 9.59 Å². The zero-order chi connectivity index (χ0) is 13.6. The van der Waals surface area contributed by atoms with Gasteiger partial charge < -0.3 is 0 Å². The molecule has 0 N–H and O–H groups in total. The second kappa shape index (κ2) is 4.37. The number of nitrogens with zero attached hydrogens (tertiary/aromatic N) is 1. The number of rotatable bonds is 1. The molecule has 19 heavy (non-hydrogen) atoms. The van der Waals surface area contributed by atoms with Gasteiger partial charge >= 0.3 is 0 Å². The molecule has 1 aliphatic rings. The fourth-order valence-corrected chi connectivity index (χ4v) is 2.52. The molecule has 0 bridgehead atoms. The number of benzene rings is 2. The largest absolute Gasteiger partial charge is 0.268 e. The summed E-state index contributed by atoms with van der Waals surface area (Å²) in [5, 5.41) is 0.498. The zero-order valence-electron chi connectivity index (χ0n) is 9.48. The Balaban J connectivity index is 2.14. The van der Waals surface area contributed by atoms with Crippen LogP contribution < -0.4 is 4.90 Å². The minimum atomic E-state index is -0.376. The van der Waals surface area contributed by atoms with Gasteiger partial charge in [-0.05, 0) is 24.3 Å². The van der Waals surface area contributed by atoms with E-state index in [-0.39, 0.29) is 21.9 Å². The van der Waals surface area contributed by atoms with Crippen molar-refractivity contribution in [3.8, 4) is 0 Å². The van der Waals surface area contributed by atoms with E-state index in [2.05, 4.69) is 6.07 Å². The Morgan fingerprint density at radius 1 is 0.895 bits per heavy atom. The molecular weight excluding hydrogens is 285 g/mol. The number of carbonyl (C=O) groups excluding carboxylic acids is 2. The monoisotopic (exact) mass is 290 g/mol. The first-order chi connectivity index (χ1) is 9.08. The topological polar surface area (TPSA) is 37.4 Å². The first-order valence-corrected chi connectivity index (χ1v) is 6.20. The van der Waals surface area contributed by atoms with E-state index in [1.165, 1.54) is 12.1 Å². The summed E-state index contributed by atoms with van der Waals surface area (Å²) in [7, 11) is 0.